The van der Waals surface area contributed by atoms with Gasteiger partial charge in [0.15, 0.2) is 0 Å². The van der Waals surface area contributed by atoms with E-state index in [2.05, 4.69) is 60.0 Å². The third-order valence-electron chi connectivity index (χ3n) is 7.26. The van der Waals surface area contributed by atoms with Gasteiger partial charge in [0.1, 0.15) is 0 Å². The lowest BCUT2D eigenvalue weighted by Gasteiger charge is -2.22. The molecule has 2 N–H and O–H groups in total. The maximum atomic E-state index is 11.1. The number of allylic oxidation sites excluding steroid dienone is 4. The van der Waals surface area contributed by atoms with Gasteiger partial charge in [0, 0.05) is 34.6 Å². The van der Waals surface area contributed by atoms with Crippen molar-refractivity contribution in [3.8, 4) is 35.1 Å². The van der Waals surface area contributed by atoms with Crippen LogP contribution in [0, 0.1) is 23.7 Å². The van der Waals surface area contributed by atoms with Crippen LogP contribution in [0.25, 0.3) is 11.4 Å². The predicted molar refractivity (Wildman–Crippen MR) is 188 cm³/mol. The molecule has 0 radical (unpaired) electrons. The summed E-state index contributed by atoms with van der Waals surface area (Å²) < 4.78 is 0. The van der Waals surface area contributed by atoms with Gasteiger partial charge in [-0.25, -0.2) is 0 Å². The Hall–Kier alpha value is -4.83. The molecule has 0 amide bonds. The van der Waals surface area contributed by atoms with E-state index in [-0.39, 0.29) is 0 Å². The quantitative estimate of drug-likeness (QED) is 0.125. The summed E-state index contributed by atoms with van der Waals surface area (Å²) in [7, 11) is -5.26. The standard InChI is InChI=1S/C38H36N2O2Si2/c1-5-25-43(41,26-6-2)35-19-13-31(14-20-35)9-11-33-17-23-37(39-29-33)38-24-18-34(30-40-38)12-10-32-15-21-36(22-16-32)44(42,27-7-3)28-8-4/h5-8,13-24,29-30,41-42H,1-4,25-28H2. The Morgan fingerprint density at radius 3 is 1.05 bits per heavy atom. The third-order valence-corrected chi connectivity index (χ3v) is 13.9. The van der Waals surface area contributed by atoms with Crippen molar-refractivity contribution in [1.29, 1.82) is 0 Å². The summed E-state index contributed by atoms with van der Waals surface area (Å²) in [6.45, 7) is 15.2. The molecule has 2 aromatic heterocycles. The fourth-order valence-corrected chi connectivity index (χ4v) is 9.61. The molecule has 0 atom stereocenters. The highest BCUT2D eigenvalue weighted by Gasteiger charge is 2.31. The molecule has 4 rings (SSSR count). The van der Waals surface area contributed by atoms with Crippen LogP contribution in [0.2, 0.25) is 24.2 Å². The predicted octanol–water partition coefficient (Wildman–Crippen LogP) is 5.98. The lowest BCUT2D eigenvalue weighted by Crippen LogP contribution is -2.47. The molecule has 0 bridgehead atoms. The van der Waals surface area contributed by atoms with Gasteiger partial charge >= 0.3 is 0 Å². The highest BCUT2D eigenvalue weighted by atomic mass is 28.4. The van der Waals surface area contributed by atoms with Crippen LogP contribution in [0.5, 0.6) is 0 Å². The minimum absolute atomic E-state index is 0.586. The number of hydrogen-bond acceptors (Lipinski definition) is 4. The van der Waals surface area contributed by atoms with Crippen LogP contribution >= 0.6 is 0 Å². The molecule has 2 aromatic carbocycles. The summed E-state index contributed by atoms with van der Waals surface area (Å²) in [5.41, 5.74) is 4.82. The minimum Gasteiger partial charge on any atom is -0.427 e. The number of pyridine rings is 2. The average Bonchev–Trinajstić information content (AvgIpc) is 3.04. The van der Waals surface area contributed by atoms with E-state index in [1.807, 2.05) is 72.8 Å². The molecule has 44 heavy (non-hydrogen) atoms. The molecule has 4 nitrogen and oxygen atoms in total. The minimum atomic E-state index is -2.63. The van der Waals surface area contributed by atoms with Crippen molar-refractivity contribution in [3.63, 3.8) is 0 Å². The molecule has 4 aromatic rings. The van der Waals surface area contributed by atoms with Gasteiger partial charge in [-0.1, -0.05) is 72.3 Å². The lowest BCUT2D eigenvalue weighted by molar-refractivity contribution is 0.556. The summed E-state index contributed by atoms with van der Waals surface area (Å²) in [6.07, 6.45) is 10.6. The van der Waals surface area contributed by atoms with Gasteiger partial charge in [0.25, 0.3) is 0 Å². The number of nitrogens with zero attached hydrogens (tertiary/aromatic N) is 2. The van der Waals surface area contributed by atoms with Gasteiger partial charge < -0.3 is 9.59 Å². The first kappa shape index (κ1) is 32.1. The molecule has 218 valence electrons. The summed E-state index contributed by atoms with van der Waals surface area (Å²) in [6, 6.07) is 25.6. The molecule has 0 aliphatic carbocycles. The second kappa shape index (κ2) is 15.1. The van der Waals surface area contributed by atoms with Gasteiger partial charge in [-0.3, -0.25) is 9.97 Å². The smallest absolute Gasteiger partial charge is 0.227 e. The van der Waals surface area contributed by atoms with E-state index in [0.29, 0.717) is 24.2 Å². The Morgan fingerprint density at radius 1 is 0.477 bits per heavy atom. The topological polar surface area (TPSA) is 66.2 Å². The van der Waals surface area contributed by atoms with Crippen LogP contribution < -0.4 is 10.4 Å². The van der Waals surface area contributed by atoms with Gasteiger partial charge in [0.05, 0.1) is 11.4 Å². The molecule has 0 aliphatic heterocycles. The molecule has 0 saturated carbocycles. The first-order valence-corrected chi connectivity index (χ1v) is 19.1. The molecular weight excluding hydrogens is 573 g/mol. The van der Waals surface area contributed by atoms with Gasteiger partial charge in [-0.2, -0.15) is 0 Å². The van der Waals surface area contributed by atoms with Gasteiger partial charge in [0.2, 0.25) is 16.6 Å². The zero-order valence-corrected chi connectivity index (χ0v) is 26.8. The largest absolute Gasteiger partial charge is 0.427 e. The molecule has 0 spiro atoms. The lowest BCUT2D eigenvalue weighted by atomic mass is 10.1. The SMILES string of the molecule is C=CC[Si](O)(CC=C)c1ccc(C#Cc2ccc(-c3ccc(C#Cc4ccc([Si](O)(CC=C)CC=C)cc4)cn3)nc2)cc1. The van der Waals surface area contributed by atoms with Crippen molar-refractivity contribution < 1.29 is 9.59 Å². The van der Waals surface area contributed by atoms with Crippen LogP contribution in [-0.2, 0) is 0 Å². The summed E-state index contributed by atoms with van der Waals surface area (Å²) in [5, 5.41) is 1.90. The highest BCUT2D eigenvalue weighted by Crippen LogP contribution is 2.17. The fraction of sp³-hybridized carbons (Fsp3) is 0.105. The third kappa shape index (κ3) is 8.17. The van der Waals surface area contributed by atoms with E-state index in [1.54, 1.807) is 36.7 Å². The first-order chi connectivity index (χ1) is 21.3. The van der Waals surface area contributed by atoms with E-state index in [4.69, 9.17) is 0 Å². The number of benzene rings is 2. The van der Waals surface area contributed by atoms with E-state index in [1.165, 1.54) is 0 Å². The summed E-state index contributed by atoms with van der Waals surface area (Å²) in [5.74, 6) is 12.7. The summed E-state index contributed by atoms with van der Waals surface area (Å²) in [4.78, 5) is 31.3. The van der Waals surface area contributed by atoms with Crippen molar-refractivity contribution in [3.05, 3.63) is 158 Å². The van der Waals surface area contributed by atoms with Crippen molar-refractivity contribution in [2.45, 2.75) is 24.2 Å². The van der Waals surface area contributed by atoms with Crippen LogP contribution in [0.4, 0.5) is 0 Å². The molecule has 2 heterocycles. The zero-order valence-electron chi connectivity index (χ0n) is 24.8. The van der Waals surface area contributed by atoms with E-state index in [9.17, 15) is 9.59 Å². The molecule has 0 saturated heterocycles. The van der Waals surface area contributed by atoms with E-state index < -0.39 is 16.6 Å². The van der Waals surface area contributed by atoms with Crippen LogP contribution in [-0.4, -0.2) is 36.2 Å². The zero-order chi connectivity index (χ0) is 31.4. The van der Waals surface area contributed by atoms with Gasteiger partial charge in [-0.15, -0.1) is 26.3 Å². The Morgan fingerprint density at radius 2 is 0.773 bits per heavy atom. The second-order valence-corrected chi connectivity index (χ2v) is 17.5. The number of hydrogen-bond donors (Lipinski definition) is 2. The number of aromatic nitrogens is 2. The van der Waals surface area contributed by atoms with Crippen molar-refractivity contribution in [2.24, 2.45) is 0 Å². The van der Waals surface area contributed by atoms with Crippen molar-refractivity contribution >= 4 is 27.0 Å². The molecule has 0 aliphatic rings. The average molecular weight is 609 g/mol. The highest BCUT2D eigenvalue weighted by molar-refractivity contribution is 6.86. The maximum absolute atomic E-state index is 11.1. The Balaban J connectivity index is 1.40. The van der Waals surface area contributed by atoms with Crippen molar-refractivity contribution in [2.75, 3.05) is 0 Å². The number of rotatable bonds is 11. The monoisotopic (exact) mass is 608 g/mol. The van der Waals surface area contributed by atoms with Gasteiger partial charge in [-0.05, 0) is 83.1 Å². The molecule has 0 fully saturated rings. The van der Waals surface area contributed by atoms with E-state index in [0.717, 1.165) is 44.0 Å². The Labute approximate surface area is 263 Å². The maximum Gasteiger partial charge on any atom is 0.227 e. The summed E-state index contributed by atoms with van der Waals surface area (Å²) >= 11 is 0. The second-order valence-electron chi connectivity index (χ2n) is 10.6. The first-order valence-electron chi connectivity index (χ1n) is 14.4. The fourth-order valence-electron chi connectivity index (χ4n) is 4.85. The molecule has 6 heteroatoms. The van der Waals surface area contributed by atoms with Crippen LogP contribution in [0.1, 0.15) is 22.3 Å². The Kier molecular flexibility index (Phi) is 11.0. The van der Waals surface area contributed by atoms with Crippen LogP contribution in [0.3, 0.4) is 0 Å². The Bertz CT molecular complexity index is 1580. The molecule has 0 unspecified atom stereocenters. The molecular formula is C38H36N2O2Si2. The normalized spacial score (nSPS) is 10.9. The van der Waals surface area contributed by atoms with Crippen LogP contribution in [0.15, 0.2) is 136 Å². The van der Waals surface area contributed by atoms with Crippen molar-refractivity contribution in [1.82, 2.24) is 9.97 Å². The van der Waals surface area contributed by atoms with E-state index >= 15 is 0 Å².